The summed E-state index contributed by atoms with van der Waals surface area (Å²) in [4.78, 5) is 21.6. The molecule has 0 N–H and O–H groups in total. The lowest BCUT2D eigenvalue weighted by Gasteiger charge is -2.33. The Morgan fingerprint density at radius 1 is 1.00 bits per heavy atom. The summed E-state index contributed by atoms with van der Waals surface area (Å²) in [5.41, 5.74) is 0.663. The highest BCUT2D eigenvalue weighted by Crippen LogP contribution is 2.46. The number of rotatable bonds is 7. The lowest BCUT2D eigenvalue weighted by atomic mass is 9.93. The van der Waals surface area contributed by atoms with Gasteiger partial charge in [0, 0.05) is 23.7 Å². The Hall–Kier alpha value is -3.18. The molecule has 2 aromatic carbocycles. The highest BCUT2D eigenvalue weighted by Gasteiger charge is 2.53. The van der Waals surface area contributed by atoms with Crippen molar-refractivity contribution in [1.29, 1.82) is 0 Å². The number of alkyl halides is 3. The highest BCUT2D eigenvalue weighted by molar-refractivity contribution is 7.89. The molecule has 2 bridgehead atoms. The Morgan fingerprint density at radius 2 is 1.68 bits per heavy atom. The van der Waals surface area contributed by atoms with Crippen molar-refractivity contribution in [2.75, 3.05) is 0 Å². The van der Waals surface area contributed by atoms with Crippen LogP contribution in [0.5, 0.6) is 0 Å². The zero-order valence-electron chi connectivity index (χ0n) is 19.5. The third-order valence-corrected chi connectivity index (χ3v) is 9.05. The van der Waals surface area contributed by atoms with E-state index < -0.39 is 33.6 Å². The van der Waals surface area contributed by atoms with Gasteiger partial charge < -0.3 is 0 Å². The van der Waals surface area contributed by atoms with E-state index in [0.29, 0.717) is 29.8 Å². The first-order valence-electron chi connectivity index (χ1n) is 11.8. The number of sulfonamides is 1. The largest absolute Gasteiger partial charge is 0.416 e. The molecule has 2 aliphatic rings. The summed E-state index contributed by atoms with van der Waals surface area (Å²) in [5.74, 6) is -0.830. The SMILES string of the molecule is C.O=C(CCc1cc(-c2ccc(C(F)(F)F)cc2)ncn1)[C@@H]1[C@H]2CC[C@H](C2)N1S(=O)(=O)c1ccc(F)cc1. The van der Waals surface area contributed by atoms with Crippen LogP contribution in [0.3, 0.4) is 0 Å². The molecule has 0 radical (unpaired) electrons. The number of carbonyl (C=O) groups is 1. The van der Waals surface area contributed by atoms with Crippen LogP contribution < -0.4 is 0 Å². The summed E-state index contributed by atoms with van der Waals surface area (Å²) < 4.78 is 79.9. The van der Waals surface area contributed by atoms with Crippen molar-refractivity contribution in [3.63, 3.8) is 0 Å². The van der Waals surface area contributed by atoms with Gasteiger partial charge in [-0.05, 0) is 74.1 Å². The normalized spacial score (nSPS) is 21.3. The summed E-state index contributed by atoms with van der Waals surface area (Å²) in [6, 6.07) is 9.76. The molecule has 1 aliphatic carbocycles. The lowest BCUT2D eigenvalue weighted by Crippen LogP contribution is -2.49. The van der Waals surface area contributed by atoms with Crippen molar-refractivity contribution in [1.82, 2.24) is 14.3 Å². The number of hydrogen-bond donors (Lipinski definition) is 0. The molecule has 5 rings (SSSR count). The van der Waals surface area contributed by atoms with E-state index in [1.54, 1.807) is 6.07 Å². The Bertz CT molecular complexity index is 1410. The van der Waals surface area contributed by atoms with E-state index in [1.807, 2.05) is 0 Å². The maximum atomic E-state index is 13.4. The lowest BCUT2D eigenvalue weighted by molar-refractivity contribution is -0.137. The van der Waals surface area contributed by atoms with Crippen molar-refractivity contribution in [2.45, 2.75) is 62.7 Å². The van der Waals surface area contributed by atoms with Gasteiger partial charge in [-0.2, -0.15) is 17.5 Å². The maximum Gasteiger partial charge on any atom is 0.416 e. The molecule has 202 valence electrons. The van der Waals surface area contributed by atoms with Crippen LogP contribution in [-0.4, -0.2) is 40.6 Å². The Balaban J connectivity index is 0.00000336. The zero-order valence-corrected chi connectivity index (χ0v) is 20.3. The van der Waals surface area contributed by atoms with Crippen molar-refractivity contribution in [3.05, 3.63) is 78.0 Å². The number of aryl methyl sites for hydroxylation is 1. The molecular formula is C27H27F4N3O3S. The number of piperidine rings is 1. The second-order valence-electron chi connectivity index (χ2n) is 9.40. The second kappa shape index (κ2) is 10.5. The van der Waals surface area contributed by atoms with Crippen molar-refractivity contribution >= 4 is 15.8 Å². The van der Waals surface area contributed by atoms with Gasteiger partial charge in [0.25, 0.3) is 0 Å². The molecule has 11 heteroatoms. The highest BCUT2D eigenvalue weighted by atomic mass is 32.2. The van der Waals surface area contributed by atoms with Gasteiger partial charge in [0.1, 0.15) is 12.1 Å². The minimum absolute atomic E-state index is 0. The number of fused-ring (bicyclic) bond motifs is 2. The predicted molar refractivity (Wildman–Crippen MR) is 133 cm³/mol. The molecule has 1 saturated carbocycles. The topological polar surface area (TPSA) is 80.2 Å². The number of benzene rings is 2. The zero-order chi connectivity index (χ0) is 26.4. The number of nitrogens with zero attached hydrogens (tertiary/aromatic N) is 3. The number of halogens is 4. The third kappa shape index (κ3) is 5.35. The van der Waals surface area contributed by atoms with Crippen molar-refractivity contribution < 1.29 is 30.8 Å². The Labute approximate surface area is 218 Å². The van der Waals surface area contributed by atoms with E-state index in [9.17, 15) is 30.8 Å². The molecule has 3 aromatic rings. The van der Waals surface area contributed by atoms with Crippen LogP contribution in [0.4, 0.5) is 17.6 Å². The van der Waals surface area contributed by atoms with Crippen LogP contribution in [0.15, 0.2) is 65.8 Å². The molecule has 0 amide bonds. The standard InChI is InChI=1S/C26H23F4N3O3S.CH4/c27-19-6-10-22(11-7-19)37(35,36)33-21-9-3-17(13-21)25(33)24(34)12-8-20-14-23(32-15-31-20)16-1-4-18(5-2-16)26(28,29)30;/h1-2,4-7,10-11,14-15,17,21,25H,3,8-9,12-13H2;1H4/t17-,21+,25-;/m0./s1. The molecule has 38 heavy (non-hydrogen) atoms. The molecule has 0 spiro atoms. The van der Waals surface area contributed by atoms with Gasteiger partial charge in [-0.3, -0.25) is 4.79 Å². The minimum atomic E-state index is -4.44. The van der Waals surface area contributed by atoms with E-state index in [4.69, 9.17) is 0 Å². The molecule has 0 unspecified atom stereocenters. The molecule has 1 aliphatic heterocycles. The summed E-state index contributed by atoms with van der Waals surface area (Å²) in [6.45, 7) is 0. The van der Waals surface area contributed by atoms with Crippen LogP contribution in [-0.2, 0) is 27.4 Å². The first-order valence-corrected chi connectivity index (χ1v) is 13.3. The van der Waals surface area contributed by atoms with E-state index >= 15 is 0 Å². The fourth-order valence-corrected chi connectivity index (χ4v) is 7.24. The van der Waals surface area contributed by atoms with E-state index in [1.165, 1.54) is 34.9 Å². The summed E-state index contributed by atoms with van der Waals surface area (Å²) in [7, 11) is -3.98. The molecule has 2 heterocycles. The summed E-state index contributed by atoms with van der Waals surface area (Å²) in [6.07, 6.45) is -0.815. The van der Waals surface area contributed by atoms with Gasteiger partial charge in [-0.25, -0.2) is 22.8 Å². The first-order chi connectivity index (χ1) is 17.5. The van der Waals surface area contributed by atoms with Gasteiger partial charge in [0.15, 0.2) is 5.78 Å². The van der Waals surface area contributed by atoms with Crippen molar-refractivity contribution in [3.8, 4) is 11.3 Å². The van der Waals surface area contributed by atoms with Gasteiger partial charge in [0.2, 0.25) is 10.0 Å². The second-order valence-corrected chi connectivity index (χ2v) is 11.2. The van der Waals surface area contributed by atoms with E-state index in [0.717, 1.165) is 30.7 Å². The van der Waals surface area contributed by atoms with E-state index in [2.05, 4.69) is 9.97 Å². The molecule has 6 nitrogen and oxygen atoms in total. The number of aromatic nitrogens is 2. The maximum absolute atomic E-state index is 13.4. The molecule has 1 saturated heterocycles. The van der Waals surface area contributed by atoms with Gasteiger partial charge in [-0.15, -0.1) is 0 Å². The number of Topliss-reactive ketones (excluding diaryl/α,β-unsaturated/α-hetero) is 1. The molecule has 1 aromatic heterocycles. The van der Waals surface area contributed by atoms with Crippen molar-refractivity contribution in [2.24, 2.45) is 5.92 Å². The Kier molecular flexibility index (Phi) is 7.72. The number of hydrogen-bond acceptors (Lipinski definition) is 5. The van der Waals surface area contributed by atoms with Gasteiger partial charge >= 0.3 is 6.18 Å². The number of ketones is 1. The van der Waals surface area contributed by atoms with Gasteiger partial charge in [-0.1, -0.05) is 19.6 Å². The fourth-order valence-electron chi connectivity index (χ4n) is 5.34. The number of carbonyl (C=O) groups excluding carboxylic acids is 1. The third-order valence-electron chi connectivity index (χ3n) is 7.10. The average molecular weight is 550 g/mol. The summed E-state index contributed by atoms with van der Waals surface area (Å²) in [5, 5.41) is 0. The van der Waals surface area contributed by atoms with Crippen LogP contribution in [0.1, 0.15) is 44.4 Å². The van der Waals surface area contributed by atoms with Gasteiger partial charge in [0.05, 0.1) is 22.2 Å². The van der Waals surface area contributed by atoms with Crippen LogP contribution in [0, 0.1) is 11.7 Å². The molecule has 2 fully saturated rings. The molecule has 3 atom stereocenters. The first kappa shape index (κ1) is 27.8. The van der Waals surface area contributed by atoms with Crippen LogP contribution in [0.2, 0.25) is 0 Å². The fraction of sp³-hybridized carbons (Fsp3) is 0.370. The molecular weight excluding hydrogens is 522 g/mol. The smallest absolute Gasteiger partial charge is 0.298 e. The van der Waals surface area contributed by atoms with E-state index in [-0.39, 0.29) is 42.9 Å². The quantitative estimate of drug-likeness (QED) is 0.354. The summed E-state index contributed by atoms with van der Waals surface area (Å²) >= 11 is 0. The van der Waals surface area contributed by atoms with Crippen LogP contribution in [0.25, 0.3) is 11.3 Å². The Morgan fingerprint density at radius 3 is 2.34 bits per heavy atom. The predicted octanol–water partition coefficient (Wildman–Crippen LogP) is 5.68. The monoisotopic (exact) mass is 549 g/mol. The minimum Gasteiger partial charge on any atom is -0.298 e. The average Bonchev–Trinajstić information content (AvgIpc) is 3.50. The van der Waals surface area contributed by atoms with Crippen LogP contribution >= 0.6 is 0 Å².